The predicted molar refractivity (Wildman–Crippen MR) is 105 cm³/mol. The summed E-state index contributed by atoms with van der Waals surface area (Å²) in [5, 5.41) is 9.65. The molecular formula is C21H29N3O5. The number of cyclic esters (lactones) is 1. The van der Waals surface area contributed by atoms with E-state index < -0.39 is 5.41 Å². The van der Waals surface area contributed by atoms with Gasteiger partial charge in [-0.15, -0.1) is 0 Å². The Morgan fingerprint density at radius 2 is 2.00 bits per heavy atom. The number of methoxy groups -OCH3 is 1. The van der Waals surface area contributed by atoms with Gasteiger partial charge in [0.05, 0.1) is 24.2 Å². The second kappa shape index (κ2) is 8.28. The number of carbonyl (C=O) groups excluding carboxylic acids is 2. The van der Waals surface area contributed by atoms with Crippen molar-refractivity contribution in [1.82, 2.24) is 14.8 Å². The molecule has 8 heteroatoms. The highest BCUT2D eigenvalue weighted by molar-refractivity contribution is 5.94. The molecule has 1 amide bonds. The smallest absolute Gasteiger partial charge is 0.312 e. The van der Waals surface area contributed by atoms with Crippen LogP contribution in [0, 0.1) is 5.41 Å². The molecule has 3 saturated heterocycles. The number of aromatic nitrogens is 1. The number of pyridine rings is 1. The van der Waals surface area contributed by atoms with Crippen LogP contribution in [0.5, 0.6) is 5.88 Å². The average molecular weight is 403 g/mol. The molecule has 3 aliphatic rings. The molecule has 1 unspecified atom stereocenters. The van der Waals surface area contributed by atoms with Crippen LogP contribution >= 0.6 is 0 Å². The number of esters is 1. The lowest BCUT2D eigenvalue weighted by molar-refractivity contribution is -0.151. The fourth-order valence-corrected chi connectivity index (χ4v) is 4.69. The fraction of sp³-hybridized carbons (Fsp3) is 0.667. The van der Waals surface area contributed by atoms with Crippen LogP contribution in [0.4, 0.5) is 0 Å². The van der Waals surface area contributed by atoms with Gasteiger partial charge in [0, 0.05) is 51.4 Å². The van der Waals surface area contributed by atoms with Gasteiger partial charge in [0.15, 0.2) is 0 Å². The Hall–Kier alpha value is -2.19. The minimum absolute atomic E-state index is 0.0650. The molecule has 1 N–H and O–H groups in total. The van der Waals surface area contributed by atoms with Crippen molar-refractivity contribution < 1.29 is 24.2 Å². The number of likely N-dealkylation sites (tertiary alicyclic amines) is 2. The molecule has 0 bridgehead atoms. The van der Waals surface area contributed by atoms with E-state index in [4.69, 9.17) is 9.47 Å². The molecule has 0 saturated carbocycles. The molecule has 29 heavy (non-hydrogen) atoms. The standard InChI is InChI=1S/C21H29N3O5/c1-28-18-3-2-15(13-22-18)19(26)24-10-6-21(7-11-24)12-17(29-20(21)27)14-23-8-4-16(25)5-9-23/h2-3,13,16-17,25H,4-12,14H2,1H3. The molecule has 3 fully saturated rings. The summed E-state index contributed by atoms with van der Waals surface area (Å²) in [6.45, 7) is 3.52. The van der Waals surface area contributed by atoms with E-state index in [0.29, 0.717) is 37.4 Å². The molecular weight excluding hydrogens is 374 g/mol. The topological polar surface area (TPSA) is 92.2 Å². The Balaban J connectivity index is 1.32. The molecule has 4 heterocycles. The molecule has 8 nitrogen and oxygen atoms in total. The van der Waals surface area contributed by atoms with Gasteiger partial charge in [-0.1, -0.05) is 0 Å². The first-order valence-corrected chi connectivity index (χ1v) is 10.4. The zero-order valence-corrected chi connectivity index (χ0v) is 16.9. The van der Waals surface area contributed by atoms with Crippen LogP contribution in [-0.2, 0) is 9.53 Å². The summed E-state index contributed by atoms with van der Waals surface area (Å²) in [6.07, 6.45) is 4.79. The number of hydrogen-bond acceptors (Lipinski definition) is 7. The maximum Gasteiger partial charge on any atom is 0.312 e. The predicted octanol–water partition coefficient (Wildman–Crippen LogP) is 1.08. The van der Waals surface area contributed by atoms with Crippen molar-refractivity contribution in [3.8, 4) is 5.88 Å². The third kappa shape index (κ3) is 4.23. The van der Waals surface area contributed by atoms with Crippen LogP contribution in [0.1, 0.15) is 42.5 Å². The Kier molecular flexibility index (Phi) is 5.74. The highest BCUT2D eigenvalue weighted by Crippen LogP contribution is 2.43. The maximum atomic E-state index is 12.7. The van der Waals surface area contributed by atoms with Crippen molar-refractivity contribution in [2.24, 2.45) is 5.41 Å². The zero-order valence-electron chi connectivity index (χ0n) is 16.9. The number of nitrogens with zero attached hydrogens (tertiary/aromatic N) is 3. The number of piperidine rings is 2. The third-order valence-corrected chi connectivity index (χ3v) is 6.54. The van der Waals surface area contributed by atoms with Gasteiger partial charge >= 0.3 is 5.97 Å². The van der Waals surface area contributed by atoms with Crippen molar-refractivity contribution in [3.05, 3.63) is 23.9 Å². The first kappa shape index (κ1) is 20.1. The van der Waals surface area contributed by atoms with E-state index in [9.17, 15) is 14.7 Å². The highest BCUT2D eigenvalue weighted by Gasteiger charge is 2.51. The van der Waals surface area contributed by atoms with E-state index in [1.54, 1.807) is 17.0 Å². The zero-order chi connectivity index (χ0) is 20.4. The lowest BCUT2D eigenvalue weighted by Gasteiger charge is -2.36. The first-order chi connectivity index (χ1) is 14.0. The van der Waals surface area contributed by atoms with Gasteiger partial charge in [0.1, 0.15) is 6.10 Å². The van der Waals surface area contributed by atoms with Crippen LogP contribution in [0.2, 0.25) is 0 Å². The lowest BCUT2D eigenvalue weighted by Crippen LogP contribution is -2.45. The van der Waals surface area contributed by atoms with Gasteiger partial charge in [-0.05, 0) is 31.7 Å². The van der Waals surface area contributed by atoms with Crippen molar-refractivity contribution in [2.45, 2.75) is 44.3 Å². The quantitative estimate of drug-likeness (QED) is 0.752. The summed E-state index contributed by atoms with van der Waals surface area (Å²) >= 11 is 0. The van der Waals surface area contributed by atoms with Crippen LogP contribution in [0.25, 0.3) is 0 Å². The van der Waals surface area contributed by atoms with E-state index in [1.165, 1.54) is 13.3 Å². The molecule has 0 aliphatic carbocycles. The molecule has 1 spiro atoms. The molecule has 1 atom stereocenters. The lowest BCUT2D eigenvalue weighted by atomic mass is 9.76. The van der Waals surface area contributed by atoms with E-state index in [-0.39, 0.29) is 24.1 Å². The van der Waals surface area contributed by atoms with Crippen LogP contribution in [0.15, 0.2) is 18.3 Å². The second-order valence-corrected chi connectivity index (χ2v) is 8.42. The Bertz CT molecular complexity index is 737. The number of carbonyl (C=O) groups is 2. The van der Waals surface area contributed by atoms with E-state index in [1.807, 2.05) is 0 Å². The minimum atomic E-state index is -0.463. The molecule has 0 aromatic carbocycles. The minimum Gasteiger partial charge on any atom is -0.481 e. The third-order valence-electron chi connectivity index (χ3n) is 6.54. The van der Waals surface area contributed by atoms with Crippen molar-refractivity contribution in [2.75, 3.05) is 39.8 Å². The molecule has 1 aromatic rings. The Morgan fingerprint density at radius 1 is 1.28 bits per heavy atom. The summed E-state index contributed by atoms with van der Waals surface area (Å²) in [4.78, 5) is 33.6. The van der Waals surface area contributed by atoms with E-state index >= 15 is 0 Å². The Morgan fingerprint density at radius 3 is 2.62 bits per heavy atom. The fourth-order valence-electron chi connectivity index (χ4n) is 4.69. The number of hydrogen-bond donors (Lipinski definition) is 1. The number of amides is 1. The van der Waals surface area contributed by atoms with Gasteiger partial charge in [-0.2, -0.15) is 0 Å². The van der Waals surface area contributed by atoms with Crippen molar-refractivity contribution in [1.29, 1.82) is 0 Å². The largest absolute Gasteiger partial charge is 0.481 e. The van der Waals surface area contributed by atoms with Crippen molar-refractivity contribution >= 4 is 11.9 Å². The molecule has 158 valence electrons. The molecule has 1 aromatic heterocycles. The Labute approximate surface area is 170 Å². The van der Waals surface area contributed by atoms with Gasteiger partial charge < -0.3 is 19.5 Å². The maximum absolute atomic E-state index is 12.7. The van der Waals surface area contributed by atoms with Crippen LogP contribution in [0.3, 0.4) is 0 Å². The summed E-state index contributed by atoms with van der Waals surface area (Å²) in [7, 11) is 1.54. The average Bonchev–Trinajstić information content (AvgIpc) is 3.04. The van der Waals surface area contributed by atoms with Crippen LogP contribution < -0.4 is 4.74 Å². The normalized spacial score (nSPS) is 25.2. The summed E-state index contributed by atoms with van der Waals surface area (Å²) in [6, 6.07) is 3.39. The summed E-state index contributed by atoms with van der Waals surface area (Å²) < 4.78 is 10.8. The highest BCUT2D eigenvalue weighted by atomic mass is 16.6. The van der Waals surface area contributed by atoms with E-state index in [0.717, 1.165) is 38.9 Å². The molecule has 3 aliphatic heterocycles. The number of aliphatic hydroxyl groups excluding tert-OH is 1. The number of ether oxygens (including phenoxy) is 2. The number of aliphatic hydroxyl groups is 1. The van der Waals surface area contributed by atoms with Gasteiger partial charge in [-0.25, -0.2) is 4.98 Å². The van der Waals surface area contributed by atoms with Crippen molar-refractivity contribution in [3.63, 3.8) is 0 Å². The summed E-state index contributed by atoms with van der Waals surface area (Å²) in [5.41, 5.74) is 0.0652. The van der Waals surface area contributed by atoms with E-state index in [2.05, 4.69) is 9.88 Å². The monoisotopic (exact) mass is 403 g/mol. The van der Waals surface area contributed by atoms with Gasteiger partial charge in [-0.3, -0.25) is 14.5 Å². The van der Waals surface area contributed by atoms with Gasteiger partial charge in [0.25, 0.3) is 5.91 Å². The number of rotatable bonds is 4. The second-order valence-electron chi connectivity index (χ2n) is 8.42. The molecule has 4 rings (SSSR count). The van der Waals surface area contributed by atoms with Crippen LogP contribution in [-0.4, -0.2) is 83.8 Å². The van der Waals surface area contributed by atoms with Gasteiger partial charge in [0.2, 0.25) is 5.88 Å². The summed E-state index contributed by atoms with van der Waals surface area (Å²) in [5.74, 6) is 0.296. The first-order valence-electron chi connectivity index (χ1n) is 10.4. The SMILES string of the molecule is COc1ccc(C(=O)N2CCC3(CC2)CC(CN2CCC(O)CC2)OC3=O)cn1. The molecule has 0 radical (unpaired) electrons.